The molecule has 90 valence electrons. The van der Waals surface area contributed by atoms with Crippen molar-refractivity contribution in [2.24, 2.45) is 0 Å². The first-order valence-electron chi connectivity index (χ1n) is 5.30. The third kappa shape index (κ3) is 2.55. The molecule has 0 bridgehead atoms. The van der Waals surface area contributed by atoms with E-state index in [1.54, 1.807) is 13.1 Å². The van der Waals surface area contributed by atoms with E-state index in [1.807, 2.05) is 18.4 Å². The van der Waals surface area contributed by atoms with E-state index >= 15 is 0 Å². The van der Waals surface area contributed by atoms with Gasteiger partial charge in [-0.25, -0.2) is 9.37 Å². The number of benzene rings is 1. The van der Waals surface area contributed by atoms with E-state index in [0.717, 1.165) is 16.4 Å². The molecule has 0 amide bonds. The molecule has 1 aromatic carbocycles. The smallest absolute Gasteiger partial charge is 0.182 e. The lowest BCUT2D eigenvalue weighted by molar-refractivity contribution is 0.321. The van der Waals surface area contributed by atoms with Crippen LogP contribution >= 0.6 is 11.3 Å². The van der Waals surface area contributed by atoms with Gasteiger partial charge in [0.05, 0.1) is 12.3 Å². The minimum Gasteiger partial charge on any atom is -0.491 e. The molecule has 0 aliphatic heterocycles. The van der Waals surface area contributed by atoms with Crippen LogP contribution in [-0.4, -0.2) is 18.6 Å². The average molecular weight is 252 g/mol. The largest absolute Gasteiger partial charge is 0.491 e. The SMILES string of the molecule is CCOc1ccc(-c2csc(NC)n2)cc1F. The summed E-state index contributed by atoms with van der Waals surface area (Å²) in [6.45, 7) is 2.28. The van der Waals surface area contributed by atoms with E-state index in [9.17, 15) is 4.39 Å². The van der Waals surface area contributed by atoms with Crippen LogP contribution in [0.4, 0.5) is 9.52 Å². The monoisotopic (exact) mass is 252 g/mol. The van der Waals surface area contributed by atoms with Gasteiger partial charge < -0.3 is 10.1 Å². The summed E-state index contributed by atoms with van der Waals surface area (Å²) in [5.41, 5.74) is 1.52. The summed E-state index contributed by atoms with van der Waals surface area (Å²) in [6, 6.07) is 4.88. The van der Waals surface area contributed by atoms with Gasteiger partial charge in [0.25, 0.3) is 0 Å². The number of aromatic nitrogens is 1. The van der Waals surface area contributed by atoms with E-state index in [-0.39, 0.29) is 11.6 Å². The molecule has 1 N–H and O–H groups in total. The molecule has 2 aromatic rings. The topological polar surface area (TPSA) is 34.1 Å². The number of ether oxygens (including phenoxy) is 1. The number of rotatable bonds is 4. The highest BCUT2D eigenvalue weighted by Crippen LogP contribution is 2.28. The molecular formula is C12H13FN2OS. The van der Waals surface area contributed by atoms with Gasteiger partial charge in [0.1, 0.15) is 0 Å². The molecule has 0 saturated heterocycles. The van der Waals surface area contributed by atoms with Crippen LogP contribution in [0.25, 0.3) is 11.3 Å². The highest BCUT2D eigenvalue weighted by atomic mass is 32.1. The molecule has 0 unspecified atom stereocenters. The average Bonchev–Trinajstić information content (AvgIpc) is 2.80. The maximum Gasteiger partial charge on any atom is 0.182 e. The summed E-state index contributed by atoms with van der Waals surface area (Å²) in [4.78, 5) is 4.32. The fourth-order valence-electron chi connectivity index (χ4n) is 1.45. The second-order valence-electron chi connectivity index (χ2n) is 3.37. The number of nitrogens with one attached hydrogen (secondary N) is 1. The normalized spacial score (nSPS) is 10.3. The quantitative estimate of drug-likeness (QED) is 0.905. The Morgan fingerprint density at radius 1 is 1.47 bits per heavy atom. The van der Waals surface area contributed by atoms with Gasteiger partial charge in [0.15, 0.2) is 16.7 Å². The van der Waals surface area contributed by atoms with E-state index < -0.39 is 0 Å². The molecule has 2 rings (SSSR count). The Morgan fingerprint density at radius 2 is 2.29 bits per heavy atom. The number of nitrogens with zero attached hydrogens (tertiary/aromatic N) is 1. The molecule has 1 heterocycles. The Labute approximate surface area is 103 Å². The lowest BCUT2D eigenvalue weighted by Crippen LogP contribution is -1.94. The van der Waals surface area contributed by atoms with E-state index in [2.05, 4.69) is 10.3 Å². The third-order valence-electron chi connectivity index (χ3n) is 2.25. The second kappa shape index (κ2) is 5.14. The van der Waals surface area contributed by atoms with Crippen molar-refractivity contribution in [3.8, 4) is 17.0 Å². The third-order valence-corrected chi connectivity index (χ3v) is 3.11. The second-order valence-corrected chi connectivity index (χ2v) is 4.22. The van der Waals surface area contributed by atoms with Crippen molar-refractivity contribution in [3.05, 3.63) is 29.4 Å². The van der Waals surface area contributed by atoms with Crippen LogP contribution in [0.2, 0.25) is 0 Å². The summed E-state index contributed by atoms with van der Waals surface area (Å²) in [7, 11) is 1.81. The Hall–Kier alpha value is -1.62. The van der Waals surface area contributed by atoms with Crippen molar-refractivity contribution in [2.75, 3.05) is 19.0 Å². The van der Waals surface area contributed by atoms with Crippen LogP contribution in [0.5, 0.6) is 5.75 Å². The first kappa shape index (κ1) is 11.9. The van der Waals surface area contributed by atoms with Crippen LogP contribution in [0.15, 0.2) is 23.6 Å². The highest BCUT2D eigenvalue weighted by Gasteiger charge is 2.08. The maximum absolute atomic E-state index is 13.6. The number of thiazole rings is 1. The molecule has 0 radical (unpaired) electrons. The van der Waals surface area contributed by atoms with Crippen LogP contribution in [0.3, 0.4) is 0 Å². The molecule has 1 aromatic heterocycles. The maximum atomic E-state index is 13.6. The van der Waals surface area contributed by atoms with Crippen molar-refractivity contribution >= 4 is 16.5 Å². The van der Waals surface area contributed by atoms with Crippen LogP contribution < -0.4 is 10.1 Å². The Kier molecular flexibility index (Phi) is 3.58. The Balaban J connectivity index is 2.30. The van der Waals surface area contributed by atoms with E-state index in [0.29, 0.717) is 6.61 Å². The molecule has 0 saturated carbocycles. The first-order chi connectivity index (χ1) is 8.24. The van der Waals surface area contributed by atoms with Gasteiger partial charge >= 0.3 is 0 Å². The predicted octanol–water partition coefficient (Wildman–Crippen LogP) is 3.39. The number of halogens is 1. The zero-order chi connectivity index (χ0) is 12.3. The number of hydrogen-bond acceptors (Lipinski definition) is 4. The van der Waals surface area contributed by atoms with Gasteiger partial charge in [-0.15, -0.1) is 11.3 Å². The molecular weight excluding hydrogens is 239 g/mol. The van der Waals surface area contributed by atoms with Gasteiger partial charge in [-0.2, -0.15) is 0 Å². The van der Waals surface area contributed by atoms with Crippen LogP contribution in [0, 0.1) is 5.82 Å². The van der Waals surface area contributed by atoms with Gasteiger partial charge in [-0.1, -0.05) is 0 Å². The predicted molar refractivity (Wildman–Crippen MR) is 68.2 cm³/mol. The van der Waals surface area contributed by atoms with E-state index in [1.165, 1.54) is 17.4 Å². The summed E-state index contributed by atoms with van der Waals surface area (Å²) < 4.78 is 18.8. The van der Waals surface area contributed by atoms with Gasteiger partial charge in [0.2, 0.25) is 0 Å². The molecule has 0 aliphatic rings. The number of hydrogen-bond donors (Lipinski definition) is 1. The van der Waals surface area contributed by atoms with Crippen molar-refractivity contribution in [3.63, 3.8) is 0 Å². The molecule has 0 atom stereocenters. The fraction of sp³-hybridized carbons (Fsp3) is 0.250. The van der Waals surface area contributed by atoms with Crippen LogP contribution in [-0.2, 0) is 0 Å². The van der Waals surface area contributed by atoms with Crippen molar-refractivity contribution in [1.82, 2.24) is 4.98 Å². The summed E-state index contributed by atoms with van der Waals surface area (Å²) in [6.07, 6.45) is 0. The number of anilines is 1. The Bertz CT molecular complexity index is 513. The minimum atomic E-state index is -0.358. The van der Waals surface area contributed by atoms with Crippen molar-refractivity contribution in [1.29, 1.82) is 0 Å². The fourth-order valence-corrected chi connectivity index (χ4v) is 2.13. The highest BCUT2D eigenvalue weighted by molar-refractivity contribution is 7.14. The lowest BCUT2D eigenvalue weighted by atomic mass is 10.1. The Morgan fingerprint density at radius 3 is 2.88 bits per heavy atom. The molecule has 0 spiro atoms. The zero-order valence-corrected chi connectivity index (χ0v) is 10.5. The lowest BCUT2D eigenvalue weighted by Gasteiger charge is -2.05. The first-order valence-corrected chi connectivity index (χ1v) is 6.18. The zero-order valence-electron chi connectivity index (χ0n) is 9.66. The molecule has 0 fully saturated rings. The van der Waals surface area contributed by atoms with Crippen LogP contribution in [0.1, 0.15) is 6.92 Å². The van der Waals surface area contributed by atoms with E-state index in [4.69, 9.17) is 4.74 Å². The summed E-state index contributed by atoms with van der Waals surface area (Å²) in [5, 5.41) is 5.66. The van der Waals surface area contributed by atoms with Gasteiger partial charge in [0, 0.05) is 18.0 Å². The van der Waals surface area contributed by atoms with Crippen molar-refractivity contribution in [2.45, 2.75) is 6.92 Å². The summed E-state index contributed by atoms with van der Waals surface area (Å²) >= 11 is 1.49. The minimum absolute atomic E-state index is 0.278. The van der Waals surface area contributed by atoms with Crippen molar-refractivity contribution < 1.29 is 9.13 Å². The standard InChI is InChI=1S/C12H13FN2OS/c1-3-16-11-5-4-8(6-9(11)13)10-7-17-12(14-2)15-10/h4-7H,3H2,1-2H3,(H,14,15). The molecule has 0 aliphatic carbocycles. The molecule has 17 heavy (non-hydrogen) atoms. The molecule has 5 heteroatoms. The van der Waals surface area contributed by atoms with Gasteiger partial charge in [-0.3, -0.25) is 0 Å². The molecule has 3 nitrogen and oxygen atoms in total. The van der Waals surface area contributed by atoms with Gasteiger partial charge in [-0.05, 0) is 25.1 Å². The summed E-state index contributed by atoms with van der Waals surface area (Å²) in [5.74, 6) is -0.0799.